The lowest BCUT2D eigenvalue weighted by Crippen LogP contribution is -2.56. The highest BCUT2D eigenvalue weighted by atomic mass is 16.3. The van der Waals surface area contributed by atoms with E-state index in [1.54, 1.807) is 0 Å². The molecule has 5 aliphatic carbocycles. The second-order valence-corrected chi connectivity index (χ2v) is 9.94. The van der Waals surface area contributed by atoms with Crippen LogP contribution in [0.2, 0.25) is 0 Å². The molecule has 0 saturated heterocycles. The maximum Gasteiger partial charge on any atom is 0.162 e. The van der Waals surface area contributed by atoms with Gasteiger partial charge in [-0.25, -0.2) is 0 Å². The monoisotopic (exact) mass is 328 g/mol. The molecule has 0 aromatic rings. The van der Waals surface area contributed by atoms with Crippen molar-refractivity contribution in [2.45, 2.75) is 77.2 Å². The number of aliphatic hydroxyl groups is 1. The van der Waals surface area contributed by atoms with E-state index in [0.29, 0.717) is 23.0 Å². The topological polar surface area (TPSA) is 37.3 Å². The maximum atomic E-state index is 13.0. The zero-order valence-corrected chi connectivity index (χ0v) is 15.0. The van der Waals surface area contributed by atoms with Gasteiger partial charge in [0, 0.05) is 5.41 Å². The van der Waals surface area contributed by atoms with Gasteiger partial charge in [0.15, 0.2) is 5.78 Å². The van der Waals surface area contributed by atoms with Crippen molar-refractivity contribution < 1.29 is 9.90 Å². The van der Waals surface area contributed by atoms with Crippen LogP contribution in [0.4, 0.5) is 0 Å². The van der Waals surface area contributed by atoms with Crippen molar-refractivity contribution in [1.82, 2.24) is 0 Å². The Morgan fingerprint density at radius 1 is 1.00 bits per heavy atom. The van der Waals surface area contributed by atoms with Crippen LogP contribution in [0.1, 0.15) is 71.1 Å². The molecule has 2 nitrogen and oxygen atoms in total. The highest BCUT2D eigenvalue weighted by molar-refractivity contribution is 5.96. The van der Waals surface area contributed by atoms with Crippen LogP contribution in [0.5, 0.6) is 0 Å². The standard InChI is InChI=1S/C22H32O2/c1-21-11-9-16(23)13-15(21)5-7-17-18(21)10-12-22-14(6-8-19(17)22)3-2-4-20(22)24/h2,4,14-19,23H,3,5-13H2,1H3/t14?,15-,16+,17?,18-,19-,21?,22?/m0/s1. The average molecular weight is 328 g/mol. The van der Waals surface area contributed by atoms with Gasteiger partial charge >= 0.3 is 0 Å². The summed E-state index contributed by atoms with van der Waals surface area (Å²) in [5.74, 6) is 4.07. The maximum absolute atomic E-state index is 13.0. The van der Waals surface area contributed by atoms with E-state index in [0.717, 1.165) is 43.4 Å². The first-order chi connectivity index (χ1) is 11.6. The lowest BCUT2D eigenvalue weighted by molar-refractivity contribution is -0.152. The zero-order valence-electron chi connectivity index (χ0n) is 15.0. The average Bonchev–Trinajstić information content (AvgIpc) is 2.97. The number of ketones is 1. The summed E-state index contributed by atoms with van der Waals surface area (Å²) >= 11 is 0. The molecule has 0 bridgehead atoms. The van der Waals surface area contributed by atoms with Gasteiger partial charge in [0.1, 0.15) is 0 Å². The Labute approximate surface area is 146 Å². The Balaban J connectivity index is 1.49. The summed E-state index contributed by atoms with van der Waals surface area (Å²) in [6.07, 6.45) is 16.0. The first kappa shape index (κ1) is 15.6. The molecular formula is C22H32O2. The summed E-state index contributed by atoms with van der Waals surface area (Å²) in [5.41, 5.74) is 0.447. The Morgan fingerprint density at radius 3 is 2.71 bits per heavy atom. The van der Waals surface area contributed by atoms with E-state index in [9.17, 15) is 9.90 Å². The molecular weight excluding hydrogens is 296 g/mol. The highest BCUT2D eigenvalue weighted by Crippen LogP contribution is 2.68. The number of fused-ring (bicyclic) bond motifs is 4. The fraction of sp³-hybridized carbons (Fsp3) is 0.864. The fourth-order valence-electron chi connectivity index (χ4n) is 8.35. The van der Waals surface area contributed by atoms with Crippen LogP contribution in [0, 0.1) is 40.4 Å². The van der Waals surface area contributed by atoms with Crippen molar-refractivity contribution in [3.05, 3.63) is 12.2 Å². The number of carbonyl (C=O) groups excluding carboxylic acids is 1. The lowest BCUT2D eigenvalue weighted by atomic mass is 9.43. The second-order valence-electron chi connectivity index (χ2n) is 9.94. The molecule has 0 aromatic heterocycles. The Bertz CT molecular complexity index is 581. The third-order valence-corrected chi connectivity index (χ3v) is 9.47. The molecule has 0 aliphatic heterocycles. The van der Waals surface area contributed by atoms with E-state index in [1.807, 2.05) is 6.08 Å². The summed E-state index contributed by atoms with van der Waals surface area (Å²) in [6, 6.07) is 0. The fourth-order valence-corrected chi connectivity index (χ4v) is 8.35. The largest absolute Gasteiger partial charge is 0.393 e. The second kappa shape index (κ2) is 5.19. The smallest absolute Gasteiger partial charge is 0.162 e. The Morgan fingerprint density at radius 2 is 1.83 bits per heavy atom. The minimum Gasteiger partial charge on any atom is -0.393 e. The molecule has 0 radical (unpaired) electrons. The number of aliphatic hydroxyl groups excluding tert-OH is 1. The molecule has 1 spiro atoms. The molecule has 4 unspecified atom stereocenters. The molecule has 2 heteroatoms. The molecule has 8 atom stereocenters. The minimum atomic E-state index is -0.0597. The Hall–Kier alpha value is -0.630. The summed E-state index contributed by atoms with van der Waals surface area (Å²) in [4.78, 5) is 13.0. The summed E-state index contributed by atoms with van der Waals surface area (Å²) in [6.45, 7) is 2.54. The molecule has 5 rings (SSSR count). The number of hydrogen-bond donors (Lipinski definition) is 1. The van der Waals surface area contributed by atoms with Crippen LogP contribution in [0.3, 0.4) is 0 Å². The third kappa shape index (κ3) is 1.84. The van der Waals surface area contributed by atoms with Crippen molar-refractivity contribution in [3.63, 3.8) is 0 Å². The van der Waals surface area contributed by atoms with E-state index in [4.69, 9.17) is 0 Å². The van der Waals surface area contributed by atoms with Crippen molar-refractivity contribution >= 4 is 5.78 Å². The number of hydrogen-bond acceptors (Lipinski definition) is 2. The van der Waals surface area contributed by atoms with Gasteiger partial charge in [0.05, 0.1) is 6.10 Å². The number of carbonyl (C=O) groups is 1. The normalized spacial score (nSPS) is 56.2. The molecule has 4 saturated carbocycles. The van der Waals surface area contributed by atoms with Crippen molar-refractivity contribution in [1.29, 1.82) is 0 Å². The van der Waals surface area contributed by atoms with Crippen molar-refractivity contribution in [2.75, 3.05) is 0 Å². The predicted octanol–water partition coefficient (Wildman–Crippen LogP) is 4.52. The molecule has 4 fully saturated rings. The van der Waals surface area contributed by atoms with E-state index in [1.165, 1.54) is 38.5 Å². The summed E-state index contributed by atoms with van der Waals surface area (Å²) < 4.78 is 0. The number of rotatable bonds is 0. The SMILES string of the molecule is CC12CC[C@@H](O)C[C@@H]1CCC1[C@@H]3CCC4CC=CC(=O)C43CC[C@@H]12. The highest BCUT2D eigenvalue weighted by Gasteiger charge is 2.63. The summed E-state index contributed by atoms with van der Waals surface area (Å²) in [7, 11) is 0. The van der Waals surface area contributed by atoms with Crippen LogP contribution < -0.4 is 0 Å². The molecule has 0 amide bonds. The van der Waals surface area contributed by atoms with Gasteiger partial charge in [-0.05, 0) is 105 Å². The van der Waals surface area contributed by atoms with E-state index in [2.05, 4.69) is 13.0 Å². The van der Waals surface area contributed by atoms with Gasteiger partial charge in [0.25, 0.3) is 0 Å². The zero-order chi connectivity index (χ0) is 16.5. The molecule has 5 aliphatic rings. The van der Waals surface area contributed by atoms with Crippen LogP contribution in [0.25, 0.3) is 0 Å². The molecule has 24 heavy (non-hydrogen) atoms. The molecule has 132 valence electrons. The summed E-state index contributed by atoms with van der Waals surface area (Å²) in [5, 5.41) is 10.1. The van der Waals surface area contributed by atoms with Gasteiger partial charge in [-0.15, -0.1) is 0 Å². The third-order valence-electron chi connectivity index (χ3n) is 9.47. The van der Waals surface area contributed by atoms with Crippen molar-refractivity contribution in [3.8, 4) is 0 Å². The van der Waals surface area contributed by atoms with E-state index < -0.39 is 0 Å². The van der Waals surface area contributed by atoms with Gasteiger partial charge in [0.2, 0.25) is 0 Å². The Kier molecular flexibility index (Phi) is 3.38. The van der Waals surface area contributed by atoms with Gasteiger partial charge in [-0.3, -0.25) is 4.79 Å². The van der Waals surface area contributed by atoms with Crippen LogP contribution in [-0.2, 0) is 4.79 Å². The van der Waals surface area contributed by atoms with Crippen LogP contribution in [0.15, 0.2) is 12.2 Å². The molecule has 1 N–H and O–H groups in total. The van der Waals surface area contributed by atoms with Gasteiger partial charge in [-0.2, -0.15) is 0 Å². The minimum absolute atomic E-state index is 0.0211. The first-order valence-electron chi connectivity index (χ1n) is 10.4. The van der Waals surface area contributed by atoms with Crippen LogP contribution >= 0.6 is 0 Å². The van der Waals surface area contributed by atoms with Crippen molar-refractivity contribution in [2.24, 2.45) is 40.4 Å². The molecule has 0 aromatic carbocycles. The first-order valence-corrected chi connectivity index (χ1v) is 10.4. The van der Waals surface area contributed by atoms with E-state index in [-0.39, 0.29) is 11.5 Å². The molecule has 0 heterocycles. The predicted molar refractivity (Wildman–Crippen MR) is 94.3 cm³/mol. The lowest BCUT2D eigenvalue weighted by Gasteiger charge is -2.61. The van der Waals surface area contributed by atoms with Gasteiger partial charge in [-0.1, -0.05) is 13.0 Å². The quantitative estimate of drug-likeness (QED) is 0.710. The van der Waals surface area contributed by atoms with E-state index >= 15 is 0 Å². The van der Waals surface area contributed by atoms with Gasteiger partial charge < -0.3 is 5.11 Å². The van der Waals surface area contributed by atoms with Crippen LogP contribution in [-0.4, -0.2) is 17.0 Å². The number of allylic oxidation sites excluding steroid dienone is 2.